The molecular weight excluding hydrogens is 540 g/mol. The number of carbonyl (C=O) groups is 3. The number of rotatable bonds is 13. The first-order chi connectivity index (χ1) is 20.5. The van der Waals surface area contributed by atoms with Gasteiger partial charge in [0.25, 0.3) is 0 Å². The fourth-order valence-electron chi connectivity index (χ4n) is 5.07. The lowest BCUT2D eigenvalue weighted by Gasteiger charge is -2.18. The molecule has 10 nitrogen and oxygen atoms in total. The number of alkyl carbamates (subject to hydrolysis) is 1. The van der Waals surface area contributed by atoms with Crippen LogP contribution in [0, 0.1) is 5.92 Å². The van der Waals surface area contributed by atoms with Crippen LogP contribution >= 0.6 is 0 Å². The van der Waals surface area contributed by atoms with E-state index in [4.69, 9.17) is 23.7 Å². The summed E-state index contributed by atoms with van der Waals surface area (Å²) in [7, 11) is 3.09. The molecule has 2 aliphatic rings. The zero-order valence-electron chi connectivity index (χ0n) is 23.6. The maximum atomic E-state index is 12.7. The van der Waals surface area contributed by atoms with Crippen LogP contribution in [0.15, 0.2) is 66.7 Å². The first kappa shape index (κ1) is 28.9. The normalized spacial score (nSPS) is 14.2. The van der Waals surface area contributed by atoms with Crippen LogP contribution in [-0.2, 0) is 30.4 Å². The van der Waals surface area contributed by atoms with Crippen molar-refractivity contribution in [1.29, 1.82) is 0 Å². The van der Waals surface area contributed by atoms with E-state index >= 15 is 0 Å². The molecular formula is C32H34N2O8. The zero-order chi connectivity index (χ0) is 29.5. The van der Waals surface area contributed by atoms with Gasteiger partial charge in [-0.15, -0.1) is 0 Å². The third-order valence-electron chi connectivity index (χ3n) is 7.42. The van der Waals surface area contributed by atoms with Crippen molar-refractivity contribution in [2.75, 3.05) is 34.1 Å². The summed E-state index contributed by atoms with van der Waals surface area (Å²) < 4.78 is 27.2. The highest BCUT2D eigenvalue weighted by atomic mass is 16.6. The van der Waals surface area contributed by atoms with Gasteiger partial charge in [0.2, 0.25) is 5.91 Å². The minimum atomic E-state index is -0.801. The summed E-state index contributed by atoms with van der Waals surface area (Å²) in [6, 6.07) is 21.3. The second-order valence-electron chi connectivity index (χ2n) is 10.1. The average Bonchev–Trinajstić information content (AvgIpc) is 3.81. The van der Waals surface area contributed by atoms with Crippen molar-refractivity contribution >= 4 is 18.0 Å². The number of amides is 2. The Morgan fingerprint density at radius 2 is 1.55 bits per heavy atom. The Kier molecular flexibility index (Phi) is 9.23. The number of esters is 1. The van der Waals surface area contributed by atoms with Crippen molar-refractivity contribution in [3.8, 4) is 22.6 Å². The van der Waals surface area contributed by atoms with Crippen LogP contribution in [-0.4, -0.2) is 58.2 Å². The number of hydrogen-bond acceptors (Lipinski definition) is 8. The van der Waals surface area contributed by atoms with Crippen LogP contribution in [0.4, 0.5) is 4.79 Å². The molecule has 2 amide bonds. The fraction of sp³-hybridized carbons (Fsp3) is 0.344. The molecule has 10 heteroatoms. The van der Waals surface area contributed by atoms with Crippen molar-refractivity contribution in [1.82, 2.24) is 10.6 Å². The Hall–Kier alpha value is -4.57. The molecule has 3 aromatic carbocycles. The van der Waals surface area contributed by atoms with E-state index in [9.17, 15) is 14.4 Å². The summed E-state index contributed by atoms with van der Waals surface area (Å²) in [5, 5.41) is 5.03. The summed E-state index contributed by atoms with van der Waals surface area (Å²) in [5.41, 5.74) is 5.17. The summed E-state index contributed by atoms with van der Waals surface area (Å²) in [4.78, 5) is 37.4. The highest BCUT2D eigenvalue weighted by Gasteiger charge is 2.38. The van der Waals surface area contributed by atoms with E-state index in [1.807, 2.05) is 36.4 Å². The van der Waals surface area contributed by atoms with E-state index in [1.165, 1.54) is 7.11 Å². The van der Waals surface area contributed by atoms with Gasteiger partial charge in [0, 0.05) is 17.5 Å². The summed E-state index contributed by atoms with van der Waals surface area (Å²) in [5.74, 6) is 0.143. The standard InChI is InChI=1S/C32H34N2O8/c1-38-22-14-13-21(28(15-22)39-2)17-40-31(36)30(20-11-12-20)42-19-34-29(35)16-33-32(37)41-18-27-25-9-5-3-7-23(25)24-8-4-6-10-26(24)27/h3-10,13-15,20,27,30H,11-12,16-19H2,1-2H3,(H,33,37)(H,34,35)/t30-/m0/s1. The second kappa shape index (κ2) is 13.4. The molecule has 220 valence electrons. The maximum absolute atomic E-state index is 12.7. The van der Waals surface area contributed by atoms with Gasteiger partial charge in [-0.25, -0.2) is 9.59 Å². The molecule has 1 saturated carbocycles. The average molecular weight is 575 g/mol. The van der Waals surface area contributed by atoms with Crippen LogP contribution in [0.25, 0.3) is 11.1 Å². The van der Waals surface area contributed by atoms with Gasteiger partial charge in [0.1, 0.15) is 38.0 Å². The summed E-state index contributed by atoms with van der Waals surface area (Å²) in [6.45, 7) is -0.337. The number of nitrogens with one attached hydrogen (secondary N) is 2. The van der Waals surface area contributed by atoms with E-state index < -0.39 is 24.1 Å². The molecule has 0 aliphatic heterocycles. The number of fused-ring (bicyclic) bond motifs is 3. The highest BCUT2D eigenvalue weighted by Crippen LogP contribution is 2.44. The van der Waals surface area contributed by atoms with Gasteiger partial charge < -0.3 is 34.3 Å². The Morgan fingerprint density at radius 1 is 0.857 bits per heavy atom. The van der Waals surface area contributed by atoms with Crippen LogP contribution in [0.1, 0.15) is 35.4 Å². The lowest BCUT2D eigenvalue weighted by Crippen LogP contribution is -2.40. The minimum absolute atomic E-state index is 0.00893. The topological polar surface area (TPSA) is 121 Å². The van der Waals surface area contributed by atoms with Gasteiger partial charge in [0.15, 0.2) is 6.10 Å². The van der Waals surface area contributed by atoms with Crippen molar-refractivity contribution in [3.05, 3.63) is 83.4 Å². The molecule has 0 unspecified atom stereocenters. The first-order valence-electron chi connectivity index (χ1n) is 13.8. The van der Waals surface area contributed by atoms with E-state index in [-0.39, 0.29) is 38.3 Å². The minimum Gasteiger partial charge on any atom is -0.497 e. The predicted octanol–water partition coefficient (Wildman–Crippen LogP) is 4.15. The molecule has 0 radical (unpaired) electrons. The van der Waals surface area contributed by atoms with Gasteiger partial charge in [-0.3, -0.25) is 4.79 Å². The van der Waals surface area contributed by atoms with E-state index in [1.54, 1.807) is 25.3 Å². The lowest BCUT2D eigenvalue weighted by atomic mass is 9.98. The summed E-state index contributed by atoms with van der Waals surface area (Å²) in [6.07, 6.45) is 0.178. The number of carbonyl (C=O) groups excluding carboxylic acids is 3. The molecule has 0 saturated heterocycles. The Bertz CT molecular complexity index is 1390. The molecule has 0 spiro atoms. The van der Waals surface area contributed by atoms with E-state index in [0.29, 0.717) is 17.1 Å². The van der Waals surface area contributed by atoms with Gasteiger partial charge >= 0.3 is 12.1 Å². The molecule has 5 rings (SSSR count). The molecule has 1 fully saturated rings. The molecule has 1 atom stereocenters. The monoisotopic (exact) mass is 574 g/mol. The van der Waals surface area contributed by atoms with Crippen molar-refractivity contribution in [3.63, 3.8) is 0 Å². The molecule has 0 bridgehead atoms. The Labute approximate surface area is 244 Å². The van der Waals surface area contributed by atoms with Gasteiger partial charge in [-0.2, -0.15) is 0 Å². The number of hydrogen-bond donors (Lipinski definition) is 2. The molecule has 0 aromatic heterocycles. The van der Waals surface area contributed by atoms with Crippen LogP contribution in [0.5, 0.6) is 11.5 Å². The lowest BCUT2D eigenvalue weighted by molar-refractivity contribution is -0.161. The van der Waals surface area contributed by atoms with Gasteiger partial charge in [-0.05, 0) is 53.1 Å². The van der Waals surface area contributed by atoms with Crippen molar-refractivity contribution in [2.45, 2.75) is 31.5 Å². The third kappa shape index (κ3) is 6.83. The van der Waals surface area contributed by atoms with Crippen LogP contribution < -0.4 is 20.1 Å². The zero-order valence-corrected chi connectivity index (χ0v) is 23.6. The Balaban J connectivity index is 1.03. The fourth-order valence-corrected chi connectivity index (χ4v) is 5.07. The second-order valence-corrected chi connectivity index (χ2v) is 10.1. The van der Waals surface area contributed by atoms with E-state index in [2.05, 4.69) is 22.8 Å². The van der Waals surface area contributed by atoms with Gasteiger partial charge in [0.05, 0.1) is 14.2 Å². The third-order valence-corrected chi connectivity index (χ3v) is 7.42. The molecule has 3 aromatic rings. The Morgan fingerprint density at radius 3 is 2.19 bits per heavy atom. The number of methoxy groups -OCH3 is 2. The van der Waals surface area contributed by atoms with Crippen molar-refractivity contribution in [2.24, 2.45) is 5.92 Å². The number of benzene rings is 3. The highest BCUT2D eigenvalue weighted by molar-refractivity contribution is 5.82. The SMILES string of the molecule is COc1ccc(COC(=O)[C@@H](OCNC(=O)CNC(=O)OCC2c3ccccc3-c3ccccc32)C2CC2)c(OC)c1. The molecule has 2 N–H and O–H groups in total. The smallest absolute Gasteiger partial charge is 0.407 e. The quantitative estimate of drug-likeness (QED) is 0.231. The predicted molar refractivity (Wildman–Crippen MR) is 153 cm³/mol. The first-order valence-corrected chi connectivity index (χ1v) is 13.8. The number of ether oxygens (including phenoxy) is 5. The largest absolute Gasteiger partial charge is 0.497 e. The molecule has 42 heavy (non-hydrogen) atoms. The van der Waals surface area contributed by atoms with Crippen LogP contribution in [0.3, 0.4) is 0 Å². The van der Waals surface area contributed by atoms with Crippen molar-refractivity contribution < 1.29 is 38.1 Å². The molecule has 2 aliphatic carbocycles. The molecule has 0 heterocycles. The summed E-state index contributed by atoms with van der Waals surface area (Å²) >= 11 is 0. The maximum Gasteiger partial charge on any atom is 0.407 e. The van der Waals surface area contributed by atoms with Gasteiger partial charge in [-0.1, -0.05) is 48.5 Å². The van der Waals surface area contributed by atoms with Crippen LogP contribution in [0.2, 0.25) is 0 Å². The van der Waals surface area contributed by atoms with E-state index in [0.717, 1.165) is 35.1 Å².